The molecule has 3 aromatic rings. The van der Waals surface area contributed by atoms with Crippen molar-refractivity contribution in [3.8, 4) is 0 Å². The van der Waals surface area contributed by atoms with Crippen molar-refractivity contribution in [1.29, 1.82) is 0 Å². The molecule has 0 bridgehead atoms. The smallest absolute Gasteiger partial charge is 0.257 e. The van der Waals surface area contributed by atoms with Gasteiger partial charge in [-0.3, -0.25) is 9.59 Å². The maximum absolute atomic E-state index is 12.5. The molecule has 0 aliphatic carbocycles. The van der Waals surface area contributed by atoms with Crippen molar-refractivity contribution in [2.24, 2.45) is 5.92 Å². The predicted molar refractivity (Wildman–Crippen MR) is 89.0 cm³/mol. The quantitative estimate of drug-likeness (QED) is 0.785. The molecule has 4 heterocycles. The Kier molecular flexibility index (Phi) is 3.93. The average Bonchev–Trinajstić information content (AvgIpc) is 3.33. The molecule has 0 unspecified atom stereocenters. The summed E-state index contributed by atoms with van der Waals surface area (Å²) in [6.45, 7) is 1.10. The molecule has 1 aliphatic heterocycles. The van der Waals surface area contributed by atoms with Crippen LogP contribution in [0.3, 0.4) is 0 Å². The van der Waals surface area contributed by atoms with Gasteiger partial charge in [-0.2, -0.15) is 9.61 Å². The topological polar surface area (TPSA) is 92.7 Å². The SMILES string of the molecule is O=C(Nc1ccnc2ccnn12)C1CCN(C(=O)c2ccoc2)CC1. The standard InChI is InChI=1S/C17H17N5O3/c23-16(20-15-1-6-18-14-2-7-19-22(14)15)12-3-8-21(9-4-12)17(24)13-5-10-25-11-13/h1-2,5-7,10-12H,3-4,8-9H2,(H,20,23). The second-order valence-corrected chi connectivity index (χ2v) is 6.00. The molecule has 8 nitrogen and oxygen atoms in total. The number of furan rings is 1. The van der Waals surface area contributed by atoms with Crippen molar-refractivity contribution in [3.63, 3.8) is 0 Å². The number of likely N-dealkylation sites (tertiary alicyclic amines) is 1. The van der Waals surface area contributed by atoms with E-state index >= 15 is 0 Å². The Balaban J connectivity index is 1.38. The first-order chi connectivity index (χ1) is 12.2. The van der Waals surface area contributed by atoms with E-state index in [1.807, 2.05) is 0 Å². The Bertz CT molecular complexity index is 894. The lowest BCUT2D eigenvalue weighted by Crippen LogP contribution is -2.41. The van der Waals surface area contributed by atoms with E-state index in [-0.39, 0.29) is 17.7 Å². The molecule has 1 saturated heterocycles. The summed E-state index contributed by atoms with van der Waals surface area (Å²) in [6, 6.07) is 5.14. The van der Waals surface area contributed by atoms with Gasteiger partial charge in [-0.1, -0.05) is 0 Å². The van der Waals surface area contributed by atoms with Crippen molar-refractivity contribution in [3.05, 3.63) is 48.7 Å². The van der Waals surface area contributed by atoms with E-state index in [0.29, 0.717) is 43.0 Å². The molecule has 1 aliphatic rings. The number of piperidine rings is 1. The van der Waals surface area contributed by atoms with E-state index in [2.05, 4.69) is 15.4 Å². The van der Waals surface area contributed by atoms with E-state index in [4.69, 9.17) is 4.42 Å². The molecule has 1 fully saturated rings. The Labute approximate surface area is 143 Å². The van der Waals surface area contributed by atoms with Crippen molar-refractivity contribution in [2.45, 2.75) is 12.8 Å². The third-order valence-corrected chi connectivity index (χ3v) is 4.46. The number of anilines is 1. The lowest BCUT2D eigenvalue weighted by atomic mass is 9.95. The lowest BCUT2D eigenvalue weighted by molar-refractivity contribution is -0.121. The minimum atomic E-state index is -0.132. The number of rotatable bonds is 3. The molecule has 3 aromatic heterocycles. The molecular formula is C17H17N5O3. The van der Waals surface area contributed by atoms with Crippen molar-refractivity contribution in [1.82, 2.24) is 19.5 Å². The van der Waals surface area contributed by atoms with Gasteiger partial charge in [0.2, 0.25) is 5.91 Å². The van der Waals surface area contributed by atoms with E-state index < -0.39 is 0 Å². The van der Waals surface area contributed by atoms with Gasteiger partial charge < -0.3 is 14.6 Å². The van der Waals surface area contributed by atoms with Gasteiger partial charge in [-0.05, 0) is 25.0 Å². The highest BCUT2D eigenvalue weighted by atomic mass is 16.3. The van der Waals surface area contributed by atoms with Crippen LogP contribution in [-0.4, -0.2) is 44.4 Å². The maximum atomic E-state index is 12.5. The third-order valence-electron chi connectivity index (χ3n) is 4.46. The van der Waals surface area contributed by atoms with E-state index in [1.165, 1.54) is 12.5 Å². The number of carbonyl (C=O) groups is 2. The molecule has 128 valence electrons. The van der Waals surface area contributed by atoms with Gasteiger partial charge in [0.25, 0.3) is 5.91 Å². The first kappa shape index (κ1) is 15.4. The van der Waals surface area contributed by atoms with Crippen LogP contribution in [0.15, 0.2) is 47.5 Å². The molecule has 1 N–H and O–H groups in total. The highest BCUT2D eigenvalue weighted by Crippen LogP contribution is 2.21. The predicted octanol–water partition coefficient (Wildman–Crippen LogP) is 1.81. The van der Waals surface area contributed by atoms with Crippen LogP contribution in [0.5, 0.6) is 0 Å². The van der Waals surface area contributed by atoms with Crippen molar-refractivity contribution < 1.29 is 14.0 Å². The van der Waals surface area contributed by atoms with Gasteiger partial charge in [0, 0.05) is 31.3 Å². The number of fused-ring (bicyclic) bond motifs is 1. The second-order valence-electron chi connectivity index (χ2n) is 6.00. The molecule has 0 spiro atoms. The average molecular weight is 339 g/mol. The number of nitrogens with one attached hydrogen (secondary N) is 1. The normalized spacial score (nSPS) is 15.4. The van der Waals surface area contributed by atoms with Gasteiger partial charge in [0.05, 0.1) is 18.0 Å². The minimum absolute atomic E-state index is 0.0556. The summed E-state index contributed by atoms with van der Waals surface area (Å²) < 4.78 is 6.55. The zero-order chi connectivity index (χ0) is 17.2. The molecule has 25 heavy (non-hydrogen) atoms. The number of carbonyl (C=O) groups excluding carboxylic acids is 2. The summed E-state index contributed by atoms with van der Waals surface area (Å²) in [4.78, 5) is 30.8. The Hall–Kier alpha value is -3.16. The van der Waals surface area contributed by atoms with Crippen LogP contribution in [0.2, 0.25) is 0 Å². The maximum Gasteiger partial charge on any atom is 0.257 e. The van der Waals surface area contributed by atoms with Gasteiger partial charge in [0.1, 0.15) is 12.1 Å². The van der Waals surface area contributed by atoms with Gasteiger partial charge in [-0.15, -0.1) is 0 Å². The molecule has 4 rings (SSSR count). The van der Waals surface area contributed by atoms with E-state index in [0.717, 1.165) is 0 Å². The van der Waals surface area contributed by atoms with E-state index in [9.17, 15) is 9.59 Å². The highest BCUT2D eigenvalue weighted by Gasteiger charge is 2.28. The largest absolute Gasteiger partial charge is 0.472 e. The van der Waals surface area contributed by atoms with Gasteiger partial charge in [0.15, 0.2) is 5.65 Å². The zero-order valence-corrected chi connectivity index (χ0v) is 13.5. The van der Waals surface area contributed by atoms with Crippen molar-refractivity contribution >= 4 is 23.3 Å². The summed E-state index contributed by atoms with van der Waals surface area (Å²) in [5.74, 6) is 0.350. The minimum Gasteiger partial charge on any atom is -0.472 e. The van der Waals surface area contributed by atoms with Crippen LogP contribution < -0.4 is 5.32 Å². The number of hydrogen-bond donors (Lipinski definition) is 1. The van der Waals surface area contributed by atoms with Crippen LogP contribution in [0.4, 0.5) is 5.82 Å². The number of amides is 2. The third kappa shape index (κ3) is 2.98. The molecule has 0 saturated carbocycles. The van der Waals surface area contributed by atoms with Crippen LogP contribution >= 0.6 is 0 Å². The molecule has 0 aromatic carbocycles. The van der Waals surface area contributed by atoms with Crippen LogP contribution in [0.25, 0.3) is 5.65 Å². The number of nitrogens with zero attached hydrogens (tertiary/aromatic N) is 4. The first-order valence-corrected chi connectivity index (χ1v) is 8.13. The highest BCUT2D eigenvalue weighted by molar-refractivity contribution is 5.95. The summed E-state index contributed by atoms with van der Waals surface area (Å²) in [7, 11) is 0. The van der Waals surface area contributed by atoms with Gasteiger partial charge in [-0.25, -0.2) is 4.98 Å². The zero-order valence-electron chi connectivity index (χ0n) is 13.5. The summed E-state index contributed by atoms with van der Waals surface area (Å²) in [5, 5.41) is 7.07. The molecule has 0 radical (unpaired) electrons. The Morgan fingerprint density at radius 2 is 2.00 bits per heavy atom. The fourth-order valence-corrected chi connectivity index (χ4v) is 3.07. The Morgan fingerprint density at radius 3 is 2.76 bits per heavy atom. The van der Waals surface area contributed by atoms with Crippen LogP contribution in [0, 0.1) is 5.92 Å². The number of hydrogen-bond acceptors (Lipinski definition) is 5. The summed E-state index contributed by atoms with van der Waals surface area (Å²) in [6.07, 6.45) is 7.46. The second kappa shape index (κ2) is 6.39. The fourth-order valence-electron chi connectivity index (χ4n) is 3.07. The molecule has 8 heteroatoms. The summed E-state index contributed by atoms with van der Waals surface area (Å²) in [5.41, 5.74) is 1.22. The molecule has 2 amide bonds. The van der Waals surface area contributed by atoms with Crippen molar-refractivity contribution in [2.75, 3.05) is 18.4 Å². The Morgan fingerprint density at radius 1 is 1.16 bits per heavy atom. The number of aromatic nitrogens is 3. The molecular weight excluding hydrogens is 322 g/mol. The lowest BCUT2D eigenvalue weighted by Gasteiger charge is -2.31. The van der Waals surface area contributed by atoms with Crippen LogP contribution in [-0.2, 0) is 4.79 Å². The monoisotopic (exact) mass is 339 g/mol. The fraction of sp³-hybridized carbons (Fsp3) is 0.294. The summed E-state index contributed by atoms with van der Waals surface area (Å²) >= 11 is 0. The van der Waals surface area contributed by atoms with Crippen LogP contribution in [0.1, 0.15) is 23.2 Å². The van der Waals surface area contributed by atoms with Gasteiger partial charge >= 0.3 is 0 Å². The first-order valence-electron chi connectivity index (χ1n) is 8.13. The molecule has 0 atom stereocenters. The van der Waals surface area contributed by atoms with E-state index in [1.54, 1.807) is 40.0 Å².